The summed E-state index contributed by atoms with van der Waals surface area (Å²) in [7, 11) is 0. The van der Waals surface area contributed by atoms with Crippen molar-refractivity contribution in [2.24, 2.45) is 5.92 Å². The van der Waals surface area contributed by atoms with Gasteiger partial charge in [-0.05, 0) is 24.3 Å². The Labute approximate surface area is 121 Å². The van der Waals surface area contributed by atoms with Crippen LogP contribution in [-0.4, -0.2) is 5.78 Å². The van der Waals surface area contributed by atoms with Crippen molar-refractivity contribution in [2.45, 2.75) is 77.6 Å². The van der Waals surface area contributed by atoms with E-state index in [0.29, 0.717) is 11.7 Å². The lowest BCUT2D eigenvalue weighted by molar-refractivity contribution is -0.118. The van der Waals surface area contributed by atoms with Crippen LogP contribution in [0.1, 0.15) is 82.9 Å². The highest BCUT2D eigenvalue weighted by Gasteiger charge is 2.48. The second-order valence-electron chi connectivity index (χ2n) is 8.60. The Morgan fingerprint density at radius 2 is 1.60 bits per heavy atom. The SMILES string of the molecule is CC(C)(C)c1oc(C(C)(C)C)c2c1CC1CCC(=O)C21. The van der Waals surface area contributed by atoms with Crippen molar-refractivity contribution in [1.82, 2.24) is 0 Å². The minimum absolute atomic E-state index is 0.00919. The predicted octanol–water partition coefficient (Wildman–Crippen LogP) is 4.49. The summed E-state index contributed by atoms with van der Waals surface area (Å²) in [5.74, 6) is 3.26. The molecule has 1 saturated carbocycles. The molecule has 1 aromatic heterocycles. The summed E-state index contributed by atoms with van der Waals surface area (Å²) in [5.41, 5.74) is 2.58. The van der Waals surface area contributed by atoms with Gasteiger partial charge in [0.25, 0.3) is 0 Å². The maximum atomic E-state index is 12.3. The van der Waals surface area contributed by atoms with Gasteiger partial charge in [0.1, 0.15) is 17.3 Å². The van der Waals surface area contributed by atoms with Crippen LogP contribution in [0, 0.1) is 5.92 Å². The lowest BCUT2D eigenvalue weighted by Gasteiger charge is -2.21. The molecule has 2 atom stereocenters. The van der Waals surface area contributed by atoms with Crippen LogP contribution < -0.4 is 0 Å². The van der Waals surface area contributed by atoms with Gasteiger partial charge in [-0.3, -0.25) is 4.79 Å². The minimum Gasteiger partial charge on any atom is -0.464 e. The van der Waals surface area contributed by atoms with E-state index in [1.807, 2.05) is 0 Å². The van der Waals surface area contributed by atoms with Gasteiger partial charge in [0, 0.05) is 28.7 Å². The van der Waals surface area contributed by atoms with Gasteiger partial charge in [-0.15, -0.1) is 0 Å². The van der Waals surface area contributed by atoms with Crippen molar-refractivity contribution in [3.05, 3.63) is 22.6 Å². The molecule has 20 heavy (non-hydrogen) atoms. The van der Waals surface area contributed by atoms with E-state index in [4.69, 9.17) is 4.42 Å². The highest BCUT2D eigenvalue weighted by atomic mass is 16.3. The number of hydrogen-bond donors (Lipinski definition) is 0. The van der Waals surface area contributed by atoms with Crippen LogP contribution in [0.2, 0.25) is 0 Å². The normalized spacial score (nSPS) is 26.0. The van der Waals surface area contributed by atoms with E-state index in [-0.39, 0.29) is 16.7 Å². The number of fused-ring (bicyclic) bond motifs is 3. The Morgan fingerprint density at radius 3 is 2.15 bits per heavy atom. The average molecular weight is 274 g/mol. The molecule has 0 saturated heterocycles. The molecule has 0 bridgehead atoms. The molecule has 0 amide bonds. The first-order chi connectivity index (χ1) is 9.10. The number of furan rings is 1. The molecule has 2 aliphatic rings. The van der Waals surface area contributed by atoms with Crippen LogP contribution in [0.5, 0.6) is 0 Å². The summed E-state index contributed by atoms with van der Waals surface area (Å²) in [5, 5.41) is 0. The van der Waals surface area contributed by atoms with E-state index in [2.05, 4.69) is 41.5 Å². The van der Waals surface area contributed by atoms with Crippen LogP contribution >= 0.6 is 0 Å². The number of carbonyl (C=O) groups is 1. The molecule has 2 heteroatoms. The zero-order chi connectivity index (χ0) is 14.9. The van der Waals surface area contributed by atoms with Crippen molar-refractivity contribution in [3.8, 4) is 0 Å². The number of carbonyl (C=O) groups excluding carboxylic acids is 1. The Kier molecular flexibility index (Phi) is 2.78. The smallest absolute Gasteiger partial charge is 0.140 e. The summed E-state index contributed by atoms with van der Waals surface area (Å²) in [6.45, 7) is 13.2. The molecule has 2 aliphatic carbocycles. The molecule has 0 N–H and O–H groups in total. The number of hydrogen-bond acceptors (Lipinski definition) is 2. The monoisotopic (exact) mass is 274 g/mol. The Morgan fingerprint density at radius 1 is 1.00 bits per heavy atom. The van der Waals surface area contributed by atoms with Crippen molar-refractivity contribution in [3.63, 3.8) is 0 Å². The third-order valence-electron chi connectivity index (χ3n) is 4.77. The first kappa shape index (κ1) is 13.9. The van der Waals surface area contributed by atoms with E-state index in [0.717, 1.165) is 30.8 Å². The van der Waals surface area contributed by atoms with Gasteiger partial charge in [-0.1, -0.05) is 41.5 Å². The third kappa shape index (κ3) is 1.88. The van der Waals surface area contributed by atoms with Gasteiger partial charge in [-0.2, -0.15) is 0 Å². The summed E-state index contributed by atoms with van der Waals surface area (Å²) in [4.78, 5) is 12.3. The topological polar surface area (TPSA) is 30.2 Å². The molecule has 0 aromatic carbocycles. The largest absolute Gasteiger partial charge is 0.464 e. The van der Waals surface area contributed by atoms with Crippen molar-refractivity contribution >= 4 is 5.78 Å². The van der Waals surface area contributed by atoms with Gasteiger partial charge in [0.15, 0.2) is 0 Å². The molecular weight excluding hydrogens is 248 g/mol. The number of rotatable bonds is 0. The minimum atomic E-state index is -0.0364. The van der Waals surface area contributed by atoms with Crippen LogP contribution in [0.3, 0.4) is 0 Å². The van der Waals surface area contributed by atoms with E-state index in [9.17, 15) is 4.79 Å². The van der Waals surface area contributed by atoms with Crippen LogP contribution in [-0.2, 0) is 22.0 Å². The molecule has 0 radical (unpaired) electrons. The van der Waals surface area contributed by atoms with Crippen molar-refractivity contribution in [1.29, 1.82) is 0 Å². The number of Topliss-reactive ketones (excluding diaryl/α,β-unsaturated/α-hetero) is 1. The van der Waals surface area contributed by atoms with Gasteiger partial charge in [-0.25, -0.2) is 0 Å². The fourth-order valence-electron chi connectivity index (χ4n) is 3.96. The molecule has 110 valence electrons. The molecule has 0 spiro atoms. The summed E-state index contributed by atoms with van der Waals surface area (Å²) >= 11 is 0. The molecule has 0 aliphatic heterocycles. The molecule has 2 unspecified atom stereocenters. The molecular formula is C18H26O2. The van der Waals surface area contributed by atoms with Crippen LogP contribution in [0.15, 0.2) is 4.42 Å². The Hall–Kier alpha value is -1.05. The molecule has 2 nitrogen and oxygen atoms in total. The lowest BCUT2D eigenvalue weighted by atomic mass is 9.84. The van der Waals surface area contributed by atoms with Crippen LogP contribution in [0.4, 0.5) is 0 Å². The van der Waals surface area contributed by atoms with E-state index < -0.39 is 0 Å². The summed E-state index contributed by atoms with van der Waals surface area (Å²) in [6, 6.07) is 0. The number of ketones is 1. The second-order valence-corrected chi connectivity index (χ2v) is 8.60. The van der Waals surface area contributed by atoms with Crippen LogP contribution in [0.25, 0.3) is 0 Å². The first-order valence-electron chi connectivity index (χ1n) is 7.80. The fourth-order valence-corrected chi connectivity index (χ4v) is 3.96. The van der Waals surface area contributed by atoms with Gasteiger partial charge in [0.05, 0.1) is 0 Å². The van der Waals surface area contributed by atoms with Crippen molar-refractivity contribution < 1.29 is 9.21 Å². The molecule has 1 fully saturated rings. The predicted molar refractivity (Wildman–Crippen MR) is 80.3 cm³/mol. The highest BCUT2D eigenvalue weighted by molar-refractivity contribution is 5.90. The maximum Gasteiger partial charge on any atom is 0.140 e. The molecule has 1 heterocycles. The zero-order valence-corrected chi connectivity index (χ0v) is 13.6. The highest BCUT2D eigenvalue weighted by Crippen LogP contribution is 2.53. The Balaban J connectivity index is 2.23. The molecule has 1 aromatic rings. The zero-order valence-electron chi connectivity index (χ0n) is 13.6. The van der Waals surface area contributed by atoms with E-state index >= 15 is 0 Å². The molecule has 3 rings (SSSR count). The second kappa shape index (κ2) is 3.99. The van der Waals surface area contributed by atoms with Crippen molar-refractivity contribution in [2.75, 3.05) is 0 Å². The average Bonchev–Trinajstić information content (AvgIpc) is 2.85. The summed E-state index contributed by atoms with van der Waals surface area (Å²) in [6.07, 6.45) is 2.86. The first-order valence-corrected chi connectivity index (χ1v) is 7.80. The van der Waals surface area contributed by atoms with Gasteiger partial charge in [0.2, 0.25) is 0 Å². The van der Waals surface area contributed by atoms with Gasteiger partial charge < -0.3 is 4.42 Å². The van der Waals surface area contributed by atoms with E-state index in [1.165, 1.54) is 11.1 Å². The Bertz CT molecular complexity index is 563. The lowest BCUT2D eigenvalue weighted by Crippen LogP contribution is -2.17. The fraction of sp³-hybridized carbons (Fsp3) is 0.722. The third-order valence-corrected chi connectivity index (χ3v) is 4.77. The summed E-state index contributed by atoms with van der Waals surface area (Å²) < 4.78 is 6.32. The quantitative estimate of drug-likeness (QED) is 0.697. The maximum absolute atomic E-state index is 12.3. The van der Waals surface area contributed by atoms with E-state index in [1.54, 1.807) is 0 Å². The van der Waals surface area contributed by atoms with Gasteiger partial charge >= 0.3 is 0 Å². The standard InChI is InChI=1S/C18H26O2/c1-17(2,3)15-11-9-10-7-8-12(19)13(10)14(11)16(20-15)18(4,5)6/h10,13H,7-9H2,1-6H3.